The molecule has 0 unspecified atom stereocenters. The molecule has 1 N–H and O–H groups in total. The van der Waals surface area contributed by atoms with E-state index in [2.05, 4.69) is 43.2 Å². The lowest BCUT2D eigenvalue weighted by molar-refractivity contribution is -0.145. The Balaban J connectivity index is 2.00. The van der Waals surface area contributed by atoms with Gasteiger partial charge in [-0.05, 0) is 48.0 Å². The first-order valence-electron chi connectivity index (χ1n) is 8.87. The third-order valence-corrected chi connectivity index (χ3v) is 4.69. The Labute approximate surface area is 150 Å². The average molecular weight is 349 g/mol. The smallest absolute Gasteiger partial charge is 0.242 e. The van der Waals surface area contributed by atoms with Crippen molar-refractivity contribution in [3.8, 4) is 0 Å². The van der Waals surface area contributed by atoms with E-state index in [1.54, 1.807) is 7.05 Å². The number of amides is 1. The molecule has 0 atom stereocenters. The van der Waals surface area contributed by atoms with Crippen LogP contribution in [0.25, 0.3) is 0 Å². The Morgan fingerprint density at radius 2 is 2.08 bits per heavy atom. The van der Waals surface area contributed by atoms with Gasteiger partial charge in [0.2, 0.25) is 5.91 Å². The molecule has 0 aliphatic carbocycles. The van der Waals surface area contributed by atoms with E-state index in [4.69, 9.17) is 4.52 Å². The third kappa shape index (κ3) is 4.14. The Hall–Kier alpha value is -2.05. The van der Waals surface area contributed by atoms with Crippen LogP contribution in [0.2, 0.25) is 0 Å². The maximum Gasteiger partial charge on any atom is 0.242 e. The highest BCUT2D eigenvalue weighted by Crippen LogP contribution is 2.24. The predicted octanol–water partition coefficient (Wildman–Crippen LogP) is 1.74. The zero-order chi connectivity index (χ0) is 18.8. The molecule has 140 valence electrons. The maximum atomic E-state index is 12.6. The molecule has 0 radical (unpaired) electrons. The summed E-state index contributed by atoms with van der Waals surface area (Å²) in [6.07, 6.45) is 0.809. The van der Waals surface area contributed by atoms with Crippen molar-refractivity contribution >= 4 is 11.9 Å². The minimum atomic E-state index is -0.233. The predicted molar refractivity (Wildman–Crippen MR) is 98.7 cm³/mol. The van der Waals surface area contributed by atoms with Gasteiger partial charge in [0.25, 0.3) is 0 Å². The lowest BCUT2D eigenvalue weighted by atomic mass is 9.96. The standard InChI is InChI=1S/C18H31N5O2/c1-12(2)23-16(24)10-22(11-18(23,5)6)17(19-7)20-9-8-15-13(3)21-25-14(15)4/h12H,8-11H2,1-7H3,(H,19,20). The molecule has 0 aromatic carbocycles. The summed E-state index contributed by atoms with van der Waals surface area (Å²) in [6.45, 7) is 14.0. The topological polar surface area (TPSA) is 74.0 Å². The number of hydrogen-bond acceptors (Lipinski definition) is 4. The lowest BCUT2D eigenvalue weighted by Gasteiger charge is -2.49. The van der Waals surface area contributed by atoms with Gasteiger partial charge in [-0.15, -0.1) is 0 Å². The van der Waals surface area contributed by atoms with Gasteiger partial charge in [-0.3, -0.25) is 9.79 Å². The molecule has 1 aliphatic rings. The first-order chi connectivity index (χ1) is 11.7. The Morgan fingerprint density at radius 3 is 2.56 bits per heavy atom. The zero-order valence-corrected chi connectivity index (χ0v) is 16.5. The van der Waals surface area contributed by atoms with Crippen LogP contribution in [0, 0.1) is 13.8 Å². The second kappa shape index (κ2) is 7.45. The minimum absolute atomic E-state index is 0.139. The van der Waals surface area contributed by atoms with Crippen LogP contribution < -0.4 is 5.32 Å². The quantitative estimate of drug-likeness (QED) is 0.662. The fourth-order valence-corrected chi connectivity index (χ4v) is 3.80. The summed E-state index contributed by atoms with van der Waals surface area (Å²) in [4.78, 5) is 21.0. The van der Waals surface area contributed by atoms with Crippen molar-refractivity contribution < 1.29 is 9.32 Å². The second-order valence-electron chi connectivity index (χ2n) is 7.55. The van der Waals surface area contributed by atoms with E-state index < -0.39 is 0 Å². The highest BCUT2D eigenvalue weighted by molar-refractivity contribution is 5.88. The number of nitrogens with one attached hydrogen (secondary N) is 1. The number of piperazine rings is 1. The van der Waals surface area contributed by atoms with Gasteiger partial charge in [0.05, 0.1) is 17.8 Å². The molecule has 2 rings (SSSR count). The molecule has 25 heavy (non-hydrogen) atoms. The van der Waals surface area contributed by atoms with E-state index in [9.17, 15) is 4.79 Å². The minimum Gasteiger partial charge on any atom is -0.361 e. The van der Waals surface area contributed by atoms with Crippen molar-refractivity contribution in [2.45, 2.75) is 59.5 Å². The molecular weight excluding hydrogens is 318 g/mol. The summed E-state index contributed by atoms with van der Waals surface area (Å²) >= 11 is 0. The average Bonchev–Trinajstić information content (AvgIpc) is 2.80. The number of aryl methyl sites for hydroxylation is 2. The van der Waals surface area contributed by atoms with E-state index in [0.29, 0.717) is 13.1 Å². The molecule has 1 saturated heterocycles. The van der Waals surface area contributed by atoms with Crippen molar-refractivity contribution in [1.29, 1.82) is 0 Å². The highest BCUT2D eigenvalue weighted by atomic mass is 16.5. The number of guanidine groups is 1. The summed E-state index contributed by atoms with van der Waals surface area (Å²) in [5, 5.41) is 7.35. The highest BCUT2D eigenvalue weighted by Gasteiger charge is 2.40. The zero-order valence-electron chi connectivity index (χ0n) is 16.5. The summed E-state index contributed by atoms with van der Waals surface area (Å²) in [5.41, 5.74) is 1.82. The molecular formula is C18H31N5O2. The first kappa shape index (κ1) is 19.3. The number of rotatable bonds is 4. The monoisotopic (exact) mass is 349 g/mol. The summed E-state index contributed by atoms with van der Waals surface area (Å²) in [5.74, 6) is 1.76. The lowest BCUT2D eigenvalue weighted by Crippen LogP contribution is -2.66. The van der Waals surface area contributed by atoms with Gasteiger partial charge in [-0.2, -0.15) is 0 Å². The van der Waals surface area contributed by atoms with Crippen LogP contribution >= 0.6 is 0 Å². The number of hydrogen-bond donors (Lipinski definition) is 1. The normalized spacial score (nSPS) is 18.2. The maximum absolute atomic E-state index is 12.6. The van der Waals surface area contributed by atoms with Crippen molar-refractivity contribution in [3.63, 3.8) is 0 Å². The molecule has 7 nitrogen and oxygen atoms in total. The fourth-order valence-electron chi connectivity index (χ4n) is 3.80. The van der Waals surface area contributed by atoms with Crippen LogP contribution in [0.5, 0.6) is 0 Å². The molecule has 1 aromatic heterocycles. The number of nitrogens with zero attached hydrogens (tertiary/aromatic N) is 4. The molecule has 7 heteroatoms. The van der Waals surface area contributed by atoms with Gasteiger partial charge in [0.15, 0.2) is 5.96 Å². The molecule has 1 amide bonds. The first-order valence-corrected chi connectivity index (χ1v) is 8.87. The third-order valence-electron chi connectivity index (χ3n) is 4.69. The van der Waals surface area contributed by atoms with Crippen LogP contribution in [0.4, 0.5) is 0 Å². The van der Waals surface area contributed by atoms with Crippen LogP contribution in [-0.4, -0.2) is 65.1 Å². The summed E-state index contributed by atoms with van der Waals surface area (Å²) in [6, 6.07) is 0.194. The molecule has 1 aromatic rings. The largest absolute Gasteiger partial charge is 0.361 e. The number of aliphatic imine (C=N–C) groups is 1. The number of carbonyl (C=O) groups is 1. The van der Waals surface area contributed by atoms with Crippen molar-refractivity contribution in [2.24, 2.45) is 4.99 Å². The van der Waals surface area contributed by atoms with Crippen molar-refractivity contribution in [1.82, 2.24) is 20.3 Å². The Bertz CT molecular complexity index is 628. The second-order valence-corrected chi connectivity index (χ2v) is 7.55. The molecule has 0 bridgehead atoms. The Kier molecular flexibility index (Phi) is 5.75. The van der Waals surface area contributed by atoms with Gasteiger partial charge >= 0.3 is 0 Å². The van der Waals surface area contributed by atoms with Crippen molar-refractivity contribution in [3.05, 3.63) is 17.0 Å². The van der Waals surface area contributed by atoms with Gasteiger partial charge in [-0.25, -0.2) is 0 Å². The fraction of sp³-hybridized carbons (Fsp3) is 0.722. The van der Waals surface area contributed by atoms with Gasteiger partial charge in [-0.1, -0.05) is 5.16 Å². The van der Waals surface area contributed by atoms with Gasteiger partial charge in [0, 0.05) is 31.7 Å². The van der Waals surface area contributed by atoms with Crippen LogP contribution in [0.3, 0.4) is 0 Å². The molecule has 0 spiro atoms. The van der Waals surface area contributed by atoms with Crippen molar-refractivity contribution in [2.75, 3.05) is 26.7 Å². The van der Waals surface area contributed by atoms with Gasteiger partial charge < -0.3 is 19.6 Å². The van der Waals surface area contributed by atoms with Crippen LogP contribution in [0.1, 0.15) is 44.7 Å². The number of carbonyl (C=O) groups excluding carboxylic acids is 1. The molecule has 1 aliphatic heterocycles. The molecule has 1 fully saturated rings. The number of aromatic nitrogens is 1. The van der Waals surface area contributed by atoms with E-state index in [1.165, 1.54) is 0 Å². The Morgan fingerprint density at radius 1 is 1.40 bits per heavy atom. The summed E-state index contributed by atoms with van der Waals surface area (Å²) < 4.78 is 5.20. The van der Waals surface area contributed by atoms with E-state index in [-0.39, 0.29) is 17.5 Å². The summed E-state index contributed by atoms with van der Waals surface area (Å²) in [7, 11) is 1.75. The molecule has 0 saturated carbocycles. The van der Waals surface area contributed by atoms with Gasteiger partial charge in [0.1, 0.15) is 5.76 Å². The molecule has 2 heterocycles. The van der Waals surface area contributed by atoms with Crippen LogP contribution in [0.15, 0.2) is 9.52 Å². The SMILES string of the molecule is CN=C(NCCc1c(C)noc1C)N1CC(=O)N(C(C)C)C(C)(C)C1. The van der Waals surface area contributed by atoms with Crippen LogP contribution in [-0.2, 0) is 11.2 Å². The van der Waals surface area contributed by atoms with E-state index >= 15 is 0 Å². The van der Waals surface area contributed by atoms with E-state index in [0.717, 1.165) is 35.9 Å². The van der Waals surface area contributed by atoms with E-state index in [1.807, 2.05) is 23.6 Å².